The van der Waals surface area contributed by atoms with Gasteiger partial charge in [-0.05, 0) is 11.5 Å². The summed E-state index contributed by atoms with van der Waals surface area (Å²) in [6.07, 6.45) is 0. The molecule has 1 rings (SSSR count). The van der Waals surface area contributed by atoms with Gasteiger partial charge in [-0.1, -0.05) is 66.7 Å². The van der Waals surface area contributed by atoms with Crippen LogP contribution >= 0.6 is 15.9 Å². The van der Waals surface area contributed by atoms with Crippen LogP contribution < -0.4 is 5.32 Å². The van der Waals surface area contributed by atoms with E-state index < -0.39 is 0 Å². The first-order valence-corrected chi connectivity index (χ1v) is 6.02. The molecule has 0 saturated heterocycles. The Labute approximate surface area is 101 Å². The lowest BCUT2D eigenvalue weighted by Gasteiger charge is -2.22. The average molecular weight is 268 g/mol. The predicted molar refractivity (Wildman–Crippen MR) is 70.1 cm³/mol. The first-order chi connectivity index (χ1) is 7.11. The van der Waals surface area contributed by atoms with Crippen molar-refractivity contribution < 1.29 is 0 Å². The predicted octanol–water partition coefficient (Wildman–Crippen LogP) is 3.88. The lowest BCUT2D eigenvalue weighted by Crippen LogP contribution is -2.26. The SMILES string of the molecule is C=C(Br)CNC(c1ccccc1)C(C)C. The van der Waals surface area contributed by atoms with Gasteiger partial charge in [-0.3, -0.25) is 0 Å². The Balaban J connectivity index is 2.70. The van der Waals surface area contributed by atoms with Crippen LogP contribution in [-0.4, -0.2) is 6.54 Å². The smallest absolute Gasteiger partial charge is 0.0346 e. The largest absolute Gasteiger partial charge is 0.305 e. The van der Waals surface area contributed by atoms with E-state index in [9.17, 15) is 0 Å². The van der Waals surface area contributed by atoms with Crippen molar-refractivity contribution in [2.24, 2.45) is 5.92 Å². The fourth-order valence-corrected chi connectivity index (χ4v) is 1.78. The molecule has 0 aliphatic carbocycles. The molecule has 1 N–H and O–H groups in total. The van der Waals surface area contributed by atoms with E-state index in [2.05, 4.69) is 65.9 Å². The molecule has 0 radical (unpaired) electrons. The van der Waals surface area contributed by atoms with Crippen LogP contribution in [0.5, 0.6) is 0 Å². The zero-order chi connectivity index (χ0) is 11.3. The maximum Gasteiger partial charge on any atom is 0.0346 e. The molecule has 0 aliphatic heterocycles. The molecule has 1 unspecified atom stereocenters. The molecule has 0 amide bonds. The number of hydrogen-bond acceptors (Lipinski definition) is 1. The standard InChI is InChI=1S/C13H18BrN/c1-10(2)13(15-9-11(3)14)12-7-5-4-6-8-12/h4-8,10,13,15H,3,9H2,1-2H3. The Hall–Kier alpha value is -0.600. The average Bonchev–Trinajstić information content (AvgIpc) is 2.18. The van der Waals surface area contributed by atoms with Gasteiger partial charge in [-0.2, -0.15) is 0 Å². The minimum atomic E-state index is 0.389. The Bertz CT molecular complexity index is 306. The molecule has 2 heteroatoms. The van der Waals surface area contributed by atoms with E-state index in [1.807, 2.05) is 6.07 Å². The molecule has 0 bridgehead atoms. The van der Waals surface area contributed by atoms with Crippen molar-refractivity contribution in [1.29, 1.82) is 0 Å². The van der Waals surface area contributed by atoms with Gasteiger partial charge in [0.25, 0.3) is 0 Å². The zero-order valence-electron chi connectivity index (χ0n) is 9.33. The van der Waals surface area contributed by atoms with Crippen molar-refractivity contribution >= 4 is 15.9 Å². The highest BCUT2D eigenvalue weighted by Crippen LogP contribution is 2.21. The van der Waals surface area contributed by atoms with Crippen molar-refractivity contribution in [3.05, 3.63) is 47.0 Å². The Morgan fingerprint density at radius 1 is 1.33 bits per heavy atom. The molecule has 1 atom stereocenters. The highest BCUT2D eigenvalue weighted by atomic mass is 79.9. The number of hydrogen-bond donors (Lipinski definition) is 1. The number of rotatable bonds is 5. The number of halogens is 1. The van der Waals surface area contributed by atoms with Gasteiger partial charge in [0.1, 0.15) is 0 Å². The molecular weight excluding hydrogens is 250 g/mol. The summed E-state index contributed by atoms with van der Waals surface area (Å²) < 4.78 is 0.990. The summed E-state index contributed by atoms with van der Waals surface area (Å²) >= 11 is 3.37. The lowest BCUT2D eigenvalue weighted by atomic mass is 9.96. The van der Waals surface area contributed by atoms with E-state index in [4.69, 9.17) is 0 Å². The van der Waals surface area contributed by atoms with Crippen LogP contribution in [-0.2, 0) is 0 Å². The second-order valence-corrected chi connectivity index (χ2v) is 5.15. The van der Waals surface area contributed by atoms with Gasteiger partial charge in [0.15, 0.2) is 0 Å². The highest BCUT2D eigenvalue weighted by Gasteiger charge is 2.14. The number of benzene rings is 1. The van der Waals surface area contributed by atoms with Gasteiger partial charge in [-0.15, -0.1) is 0 Å². The fourth-order valence-electron chi connectivity index (χ4n) is 1.62. The Morgan fingerprint density at radius 2 is 1.93 bits per heavy atom. The van der Waals surface area contributed by atoms with Gasteiger partial charge < -0.3 is 5.32 Å². The minimum absolute atomic E-state index is 0.389. The van der Waals surface area contributed by atoms with Crippen LogP contribution in [0.15, 0.2) is 41.4 Å². The van der Waals surface area contributed by atoms with Gasteiger partial charge >= 0.3 is 0 Å². The van der Waals surface area contributed by atoms with Crippen LogP contribution in [0.2, 0.25) is 0 Å². The topological polar surface area (TPSA) is 12.0 Å². The van der Waals surface area contributed by atoms with E-state index in [0.717, 1.165) is 11.0 Å². The molecule has 0 fully saturated rings. The molecule has 82 valence electrons. The molecule has 1 aromatic rings. The molecule has 0 saturated carbocycles. The molecule has 1 nitrogen and oxygen atoms in total. The van der Waals surface area contributed by atoms with Gasteiger partial charge in [0.2, 0.25) is 0 Å². The summed E-state index contributed by atoms with van der Waals surface area (Å²) in [5, 5.41) is 3.49. The third-order valence-electron chi connectivity index (χ3n) is 2.34. The van der Waals surface area contributed by atoms with E-state index in [-0.39, 0.29) is 0 Å². The minimum Gasteiger partial charge on any atom is -0.305 e. The van der Waals surface area contributed by atoms with Gasteiger partial charge in [-0.25, -0.2) is 0 Å². The zero-order valence-corrected chi connectivity index (χ0v) is 10.9. The molecule has 0 heterocycles. The first-order valence-electron chi connectivity index (χ1n) is 5.23. The van der Waals surface area contributed by atoms with E-state index in [1.54, 1.807) is 0 Å². The summed E-state index contributed by atoms with van der Waals surface area (Å²) in [7, 11) is 0. The second-order valence-electron chi connectivity index (χ2n) is 4.03. The van der Waals surface area contributed by atoms with Crippen molar-refractivity contribution in [1.82, 2.24) is 5.32 Å². The van der Waals surface area contributed by atoms with Crippen LogP contribution in [0.25, 0.3) is 0 Å². The third kappa shape index (κ3) is 4.18. The first kappa shape index (κ1) is 12.5. The molecule has 1 aromatic carbocycles. The fraction of sp³-hybridized carbons (Fsp3) is 0.385. The summed E-state index contributed by atoms with van der Waals surface area (Å²) in [6, 6.07) is 10.9. The normalized spacial score (nSPS) is 12.8. The summed E-state index contributed by atoms with van der Waals surface area (Å²) in [5.74, 6) is 0.569. The monoisotopic (exact) mass is 267 g/mol. The van der Waals surface area contributed by atoms with Crippen LogP contribution in [0.1, 0.15) is 25.5 Å². The molecule has 15 heavy (non-hydrogen) atoms. The lowest BCUT2D eigenvalue weighted by molar-refractivity contribution is 0.428. The van der Waals surface area contributed by atoms with Crippen molar-refractivity contribution in [2.45, 2.75) is 19.9 Å². The van der Waals surface area contributed by atoms with Gasteiger partial charge in [0, 0.05) is 17.1 Å². The van der Waals surface area contributed by atoms with Crippen LogP contribution in [0, 0.1) is 5.92 Å². The summed E-state index contributed by atoms with van der Waals surface area (Å²) in [4.78, 5) is 0. The Kier molecular flexibility index (Phi) is 5.06. The third-order valence-corrected chi connectivity index (χ3v) is 2.62. The van der Waals surface area contributed by atoms with Crippen molar-refractivity contribution in [3.8, 4) is 0 Å². The maximum absolute atomic E-state index is 3.83. The van der Waals surface area contributed by atoms with Gasteiger partial charge in [0.05, 0.1) is 0 Å². The number of nitrogens with one attached hydrogen (secondary N) is 1. The molecule has 0 aliphatic rings. The van der Waals surface area contributed by atoms with Crippen LogP contribution in [0.3, 0.4) is 0 Å². The quantitative estimate of drug-likeness (QED) is 0.854. The molecular formula is C13H18BrN. The molecule has 0 spiro atoms. The highest BCUT2D eigenvalue weighted by molar-refractivity contribution is 9.11. The summed E-state index contributed by atoms with van der Waals surface area (Å²) in [6.45, 7) is 9.09. The molecule has 0 aromatic heterocycles. The van der Waals surface area contributed by atoms with Crippen LogP contribution in [0.4, 0.5) is 0 Å². The Morgan fingerprint density at radius 3 is 2.40 bits per heavy atom. The maximum atomic E-state index is 3.83. The van der Waals surface area contributed by atoms with E-state index in [0.29, 0.717) is 12.0 Å². The summed E-state index contributed by atoms with van der Waals surface area (Å²) in [5.41, 5.74) is 1.33. The second kappa shape index (κ2) is 6.09. The van der Waals surface area contributed by atoms with Crippen molar-refractivity contribution in [2.75, 3.05) is 6.54 Å². The van der Waals surface area contributed by atoms with Crippen molar-refractivity contribution in [3.63, 3.8) is 0 Å². The van der Waals surface area contributed by atoms with E-state index in [1.165, 1.54) is 5.56 Å². The van der Waals surface area contributed by atoms with E-state index >= 15 is 0 Å².